The lowest BCUT2D eigenvalue weighted by atomic mass is 10.0. The van der Waals surface area contributed by atoms with Crippen LogP contribution in [0.25, 0.3) is 0 Å². The average Bonchev–Trinajstić information content (AvgIpc) is 3.42. The predicted octanol–water partition coefficient (Wildman–Crippen LogP) is -0.615. The predicted molar refractivity (Wildman–Crippen MR) is 145 cm³/mol. The Balaban J connectivity index is 2.23. The van der Waals surface area contributed by atoms with Crippen molar-refractivity contribution in [1.29, 1.82) is 0 Å². The number of imidazole rings is 1. The minimum Gasteiger partial charge on any atom is -0.508 e. The Morgan fingerprint density at radius 2 is 1.55 bits per heavy atom. The summed E-state index contributed by atoms with van der Waals surface area (Å²) in [4.78, 5) is 68.7. The third kappa shape index (κ3) is 10.9. The second-order valence-corrected chi connectivity index (χ2v) is 9.98. The first-order chi connectivity index (χ1) is 19.0. The number of carbonyl (C=O) groups excluding carboxylic acids is 3. The molecule has 2 aromatic rings. The van der Waals surface area contributed by atoms with E-state index in [1.54, 1.807) is 18.4 Å². The normalized spacial score (nSPS) is 13.8. The van der Waals surface area contributed by atoms with Gasteiger partial charge in [-0.3, -0.25) is 19.2 Å². The second-order valence-electron chi connectivity index (χ2n) is 8.99. The van der Waals surface area contributed by atoms with Crippen LogP contribution in [-0.2, 0) is 36.8 Å². The number of thioether (sulfide) groups is 1. The Morgan fingerprint density at radius 1 is 0.925 bits per heavy atom. The maximum Gasteiger partial charge on any atom is 0.326 e. The molecule has 0 bridgehead atoms. The van der Waals surface area contributed by atoms with Gasteiger partial charge in [-0.25, -0.2) is 9.78 Å². The van der Waals surface area contributed by atoms with Crippen molar-refractivity contribution in [2.75, 3.05) is 12.0 Å². The number of aromatic amines is 1. The molecular formula is C25H34N6O8S. The fourth-order valence-corrected chi connectivity index (χ4v) is 4.13. The fourth-order valence-electron chi connectivity index (χ4n) is 3.66. The van der Waals surface area contributed by atoms with Crippen molar-refractivity contribution in [3.05, 3.63) is 48.0 Å². The van der Waals surface area contributed by atoms with Crippen LogP contribution < -0.4 is 21.7 Å². The minimum absolute atomic E-state index is 0.00442. The highest BCUT2D eigenvalue weighted by Crippen LogP contribution is 2.12. The molecule has 218 valence electrons. The number of carboxylic acid groups (broad SMARTS) is 2. The number of aromatic hydroxyl groups is 1. The molecule has 2 rings (SSSR count). The van der Waals surface area contributed by atoms with E-state index in [0.29, 0.717) is 17.0 Å². The van der Waals surface area contributed by atoms with Crippen LogP contribution in [0.5, 0.6) is 5.75 Å². The van der Waals surface area contributed by atoms with Crippen LogP contribution in [0.3, 0.4) is 0 Å². The SMILES string of the molecule is CSCCC(NC(=O)C(CCC(=O)O)NC(=O)C(Cc1ccc(O)cc1)NC(=O)C(N)Cc1cnc[nH]1)C(=O)O. The number of aromatic nitrogens is 2. The van der Waals surface area contributed by atoms with Gasteiger partial charge in [0.1, 0.15) is 23.9 Å². The minimum atomic E-state index is -1.39. The topological polar surface area (TPSA) is 237 Å². The van der Waals surface area contributed by atoms with Crippen molar-refractivity contribution in [1.82, 2.24) is 25.9 Å². The number of benzene rings is 1. The number of hydrogen-bond acceptors (Lipinski definition) is 9. The van der Waals surface area contributed by atoms with Crippen molar-refractivity contribution >= 4 is 41.4 Å². The summed E-state index contributed by atoms with van der Waals surface area (Å²) in [6.45, 7) is 0. The lowest BCUT2D eigenvalue weighted by Gasteiger charge is -2.25. The van der Waals surface area contributed by atoms with E-state index in [4.69, 9.17) is 10.8 Å². The summed E-state index contributed by atoms with van der Waals surface area (Å²) in [6, 6.07) is 0.981. The highest BCUT2D eigenvalue weighted by Gasteiger charge is 2.31. The summed E-state index contributed by atoms with van der Waals surface area (Å²) >= 11 is 1.39. The Hall–Kier alpha value is -4.11. The number of amides is 3. The van der Waals surface area contributed by atoms with Crippen LogP contribution in [0.4, 0.5) is 0 Å². The van der Waals surface area contributed by atoms with E-state index >= 15 is 0 Å². The zero-order valence-electron chi connectivity index (χ0n) is 21.8. The zero-order chi connectivity index (χ0) is 29.7. The molecule has 4 atom stereocenters. The third-order valence-electron chi connectivity index (χ3n) is 5.85. The first-order valence-corrected chi connectivity index (χ1v) is 13.7. The number of phenols is 1. The smallest absolute Gasteiger partial charge is 0.326 e. The lowest BCUT2D eigenvalue weighted by Crippen LogP contribution is -2.57. The maximum atomic E-state index is 13.4. The van der Waals surface area contributed by atoms with Gasteiger partial charge in [0.05, 0.1) is 12.4 Å². The van der Waals surface area contributed by atoms with Gasteiger partial charge < -0.3 is 42.0 Å². The fraction of sp³-hybridized carbons (Fsp3) is 0.440. The molecule has 15 heteroatoms. The number of carboxylic acids is 2. The molecule has 9 N–H and O–H groups in total. The molecular weight excluding hydrogens is 544 g/mol. The van der Waals surface area contributed by atoms with Gasteiger partial charge in [-0.2, -0.15) is 11.8 Å². The molecule has 4 unspecified atom stereocenters. The third-order valence-corrected chi connectivity index (χ3v) is 6.49. The number of rotatable bonds is 17. The number of phenolic OH excluding ortho intramolecular Hbond substituents is 1. The number of aliphatic carboxylic acids is 2. The molecule has 14 nitrogen and oxygen atoms in total. The molecule has 0 saturated carbocycles. The van der Waals surface area contributed by atoms with Crippen LogP contribution in [0, 0.1) is 0 Å². The summed E-state index contributed by atoms with van der Waals surface area (Å²) in [6.07, 6.45) is 4.09. The van der Waals surface area contributed by atoms with Crippen LogP contribution in [0.15, 0.2) is 36.8 Å². The average molecular weight is 579 g/mol. The Bertz CT molecular complexity index is 1140. The van der Waals surface area contributed by atoms with Gasteiger partial charge in [0.15, 0.2) is 0 Å². The molecule has 1 aromatic heterocycles. The van der Waals surface area contributed by atoms with Crippen LogP contribution in [0.1, 0.15) is 30.5 Å². The number of nitrogens with two attached hydrogens (primary N) is 1. The molecule has 0 aliphatic rings. The standard InChI is InChI=1S/C25H34N6O8S/c1-40-9-8-19(25(38)39)30-23(36)18(6-7-21(33)34)29-24(37)20(10-14-2-4-16(32)5-3-14)31-22(35)17(26)11-15-12-27-13-28-15/h2-5,12-13,17-20,32H,6-11,26H2,1H3,(H,27,28)(H,29,37)(H,30,36)(H,31,35)(H,33,34)(H,38,39). The number of hydrogen-bond donors (Lipinski definition) is 8. The Labute approximate surface area is 234 Å². The molecule has 3 amide bonds. The highest BCUT2D eigenvalue weighted by molar-refractivity contribution is 7.98. The van der Waals surface area contributed by atoms with E-state index in [0.717, 1.165) is 0 Å². The van der Waals surface area contributed by atoms with Gasteiger partial charge in [-0.15, -0.1) is 0 Å². The number of carbonyl (C=O) groups is 5. The van der Waals surface area contributed by atoms with Crippen LogP contribution in [-0.4, -0.2) is 91.1 Å². The summed E-state index contributed by atoms with van der Waals surface area (Å²) < 4.78 is 0. The zero-order valence-corrected chi connectivity index (χ0v) is 22.6. The summed E-state index contributed by atoms with van der Waals surface area (Å²) in [7, 11) is 0. The maximum absolute atomic E-state index is 13.4. The first kappa shape index (κ1) is 32.1. The van der Waals surface area contributed by atoms with Gasteiger partial charge in [0.25, 0.3) is 0 Å². The molecule has 1 aromatic carbocycles. The highest BCUT2D eigenvalue weighted by atomic mass is 32.2. The van der Waals surface area contributed by atoms with Gasteiger partial charge >= 0.3 is 11.9 Å². The van der Waals surface area contributed by atoms with Gasteiger partial charge in [-0.1, -0.05) is 12.1 Å². The molecule has 40 heavy (non-hydrogen) atoms. The van der Waals surface area contributed by atoms with Gasteiger partial charge in [-0.05, 0) is 42.5 Å². The molecule has 0 spiro atoms. The Kier molecular flexibility index (Phi) is 12.9. The summed E-state index contributed by atoms with van der Waals surface area (Å²) in [5.74, 6) is -4.38. The lowest BCUT2D eigenvalue weighted by molar-refractivity contribution is -0.143. The van der Waals surface area contributed by atoms with E-state index in [1.165, 1.54) is 36.4 Å². The van der Waals surface area contributed by atoms with Gasteiger partial charge in [0, 0.05) is 31.2 Å². The second kappa shape index (κ2) is 16.1. The van der Waals surface area contributed by atoms with Crippen molar-refractivity contribution < 1.29 is 39.3 Å². The molecule has 0 aliphatic carbocycles. The van der Waals surface area contributed by atoms with E-state index < -0.39 is 60.2 Å². The quantitative estimate of drug-likeness (QED) is 0.118. The number of H-pyrrole nitrogens is 1. The van der Waals surface area contributed by atoms with Crippen molar-refractivity contribution in [3.8, 4) is 5.75 Å². The van der Waals surface area contributed by atoms with E-state index in [-0.39, 0.29) is 31.4 Å². The van der Waals surface area contributed by atoms with Crippen molar-refractivity contribution in [2.24, 2.45) is 5.73 Å². The first-order valence-electron chi connectivity index (χ1n) is 12.4. The van der Waals surface area contributed by atoms with Crippen molar-refractivity contribution in [2.45, 2.75) is 56.3 Å². The molecule has 0 fully saturated rings. The molecule has 1 heterocycles. The van der Waals surface area contributed by atoms with Gasteiger partial charge in [0.2, 0.25) is 17.7 Å². The molecule has 0 radical (unpaired) electrons. The monoisotopic (exact) mass is 578 g/mol. The molecule has 0 saturated heterocycles. The largest absolute Gasteiger partial charge is 0.508 e. The van der Waals surface area contributed by atoms with E-state index in [9.17, 15) is 34.2 Å². The van der Waals surface area contributed by atoms with Crippen molar-refractivity contribution in [3.63, 3.8) is 0 Å². The Morgan fingerprint density at radius 3 is 2.12 bits per heavy atom. The molecule has 0 aliphatic heterocycles. The number of nitrogens with zero attached hydrogens (tertiary/aromatic N) is 1. The van der Waals surface area contributed by atoms with E-state index in [2.05, 4.69) is 25.9 Å². The van der Waals surface area contributed by atoms with E-state index in [1.807, 2.05) is 0 Å². The summed E-state index contributed by atoms with van der Waals surface area (Å²) in [5, 5.41) is 35.6. The van der Waals surface area contributed by atoms with Crippen LogP contribution >= 0.6 is 11.8 Å². The number of nitrogens with one attached hydrogen (secondary N) is 4. The summed E-state index contributed by atoms with van der Waals surface area (Å²) in [5.41, 5.74) is 7.18. The van der Waals surface area contributed by atoms with Crippen LogP contribution in [0.2, 0.25) is 0 Å².